The number of aromatic nitrogens is 3. The lowest BCUT2D eigenvalue weighted by molar-refractivity contribution is -0.119. The fourth-order valence-corrected chi connectivity index (χ4v) is 3.26. The Morgan fingerprint density at radius 3 is 3.04 bits per heavy atom. The van der Waals surface area contributed by atoms with Crippen LogP contribution >= 0.6 is 27.3 Å². The minimum Gasteiger partial charge on any atom is -0.390 e. The van der Waals surface area contributed by atoms with Crippen LogP contribution in [0.5, 0.6) is 0 Å². The minimum absolute atomic E-state index is 0.0197. The van der Waals surface area contributed by atoms with Gasteiger partial charge in [-0.2, -0.15) is 0 Å². The van der Waals surface area contributed by atoms with Gasteiger partial charge in [0.05, 0.1) is 17.7 Å². The monoisotopic (exact) mass is 394 g/mol. The van der Waals surface area contributed by atoms with Gasteiger partial charge in [0.25, 0.3) is 0 Å². The zero-order valence-electron chi connectivity index (χ0n) is 12.6. The van der Waals surface area contributed by atoms with Crippen LogP contribution in [0, 0.1) is 0 Å². The average Bonchev–Trinajstić information content (AvgIpc) is 3.02. The van der Waals surface area contributed by atoms with E-state index in [2.05, 4.69) is 36.2 Å². The van der Waals surface area contributed by atoms with E-state index < -0.39 is 5.60 Å². The van der Waals surface area contributed by atoms with Gasteiger partial charge in [0, 0.05) is 33.2 Å². The third-order valence-electron chi connectivity index (χ3n) is 3.12. The highest BCUT2D eigenvalue weighted by atomic mass is 79.9. The summed E-state index contributed by atoms with van der Waals surface area (Å²) in [5.41, 5.74) is 1.43. The Bertz CT molecular complexity index is 866. The molecule has 0 atom stereocenters. The molecular weight excluding hydrogens is 380 g/mol. The smallest absolute Gasteiger partial charge is 0.229 e. The van der Waals surface area contributed by atoms with E-state index in [1.165, 1.54) is 11.3 Å². The predicted molar refractivity (Wildman–Crippen MR) is 94.4 cm³/mol. The van der Waals surface area contributed by atoms with Crippen molar-refractivity contribution in [3.05, 3.63) is 28.3 Å². The molecule has 0 radical (unpaired) electrons. The second-order valence-corrected chi connectivity index (χ2v) is 7.60. The van der Waals surface area contributed by atoms with Gasteiger partial charge < -0.3 is 15.4 Å². The summed E-state index contributed by atoms with van der Waals surface area (Å²) in [6.45, 7) is 3.19. The molecule has 3 aromatic rings. The molecule has 0 aliphatic carbocycles. The normalized spacial score (nSPS) is 11.8. The van der Waals surface area contributed by atoms with E-state index in [-0.39, 0.29) is 12.3 Å². The van der Waals surface area contributed by atoms with Crippen molar-refractivity contribution in [2.24, 2.45) is 0 Å². The Hall–Kier alpha value is -1.77. The van der Waals surface area contributed by atoms with Gasteiger partial charge in [0.1, 0.15) is 5.65 Å². The number of carbonyl (C=O) groups excluding carboxylic acids is 1. The number of aromatic amines is 1. The molecule has 0 saturated carbocycles. The molecule has 120 valence electrons. The maximum absolute atomic E-state index is 11.9. The SMILES string of the molecule is CC(C)(O)CC(=O)Nc1nc(-c2c[nH]c3ncc(Br)cc23)cs1. The van der Waals surface area contributed by atoms with Crippen LogP contribution in [0.25, 0.3) is 22.3 Å². The summed E-state index contributed by atoms with van der Waals surface area (Å²) in [5.74, 6) is -0.262. The standard InChI is InChI=1S/C15H15BrN4O2S/c1-15(2,22)4-12(21)20-14-19-11(7-23-14)10-6-18-13-9(10)3-8(16)5-17-13/h3,5-7,22H,4H2,1-2H3,(H,17,18)(H,19,20,21). The van der Waals surface area contributed by atoms with Crippen LogP contribution in [-0.2, 0) is 4.79 Å². The van der Waals surface area contributed by atoms with Crippen molar-refractivity contribution in [1.82, 2.24) is 15.0 Å². The highest BCUT2D eigenvalue weighted by Crippen LogP contribution is 2.31. The highest BCUT2D eigenvalue weighted by Gasteiger charge is 2.19. The van der Waals surface area contributed by atoms with Gasteiger partial charge in [-0.1, -0.05) is 0 Å². The van der Waals surface area contributed by atoms with Crippen LogP contribution in [0.1, 0.15) is 20.3 Å². The average molecular weight is 395 g/mol. The number of hydrogen-bond acceptors (Lipinski definition) is 5. The first-order valence-corrected chi connectivity index (χ1v) is 8.60. The van der Waals surface area contributed by atoms with E-state index in [0.717, 1.165) is 26.8 Å². The number of thiazole rings is 1. The molecular formula is C15H15BrN4O2S. The van der Waals surface area contributed by atoms with Crippen LogP contribution in [0.3, 0.4) is 0 Å². The summed E-state index contributed by atoms with van der Waals surface area (Å²) >= 11 is 4.76. The van der Waals surface area contributed by atoms with Crippen LogP contribution in [-0.4, -0.2) is 31.6 Å². The predicted octanol–water partition coefficient (Wildman–Crippen LogP) is 3.55. The van der Waals surface area contributed by atoms with E-state index in [4.69, 9.17) is 0 Å². The van der Waals surface area contributed by atoms with Gasteiger partial charge in [-0.25, -0.2) is 9.97 Å². The fourth-order valence-electron chi connectivity index (χ4n) is 2.20. The number of H-pyrrole nitrogens is 1. The molecule has 0 aliphatic rings. The highest BCUT2D eigenvalue weighted by molar-refractivity contribution is 9.10. The fraction of sp³-hybridized carbons (Fsp3) is 0.267. The Kier molecular flexibility index (Phi) is 4.22. The zero-order chi connectivity index (χ0) is 16.6. The molecule has 0 fully saturated rings. The number of anilines is 1. The molecule has 0 unspecified atom stereocenters. The molecule has 3 N–H and O–H groups in total. The summed E-state index contributed by atoms with van der Waals surface area (Å²) in [7, 11) is 0. The first-order chi connectivity index (χ1) is 10.8. The van der Waals surface area contributed by atoms with E-state index >= 15 is 0 Å². The summed E-state index contributed by atoms with van der Waals surface area (Å²) in [5, 5.41) is 15.7. The Morgan fingerprint density at radius 1 is 1.52 bits per heavy atom. The van der Waals surface area contributed by atoms with Gasteiger partial charge in [-0.3, -0.25) is 4.79 Å². The van der Waals surface area contributed by atoms with Gasteiger partial charge in [0.2, 0.25) is 5.91 Å². The lowest BCUT2D eigenvalue weighted by atomic mass is 10.1. The van der Waals surface area contributed by atoms with Crippen molar-refractivity contribution in [2.75, 3.05) is 5.32 Å². The first-order valence-electron chi connectivity index (χ1n) is 6.92. The third kappa shape index (κ3) is 3.77. The topological polar surface area (TPSA) is 90.9 Å². The Labute approximate surface area is 145 Å². The molecule has 0 aliphatic heterocycles. The lowest BCUT2D eigenvalue weighted by Gasteiger charge is -2.15. The van der Waals surface area contributed by atoms with Gasteiger partial charge in [0.15, 0.2) is 5.13 Å². The number of pyridine rings is 1. The van der Waals surface area contributed by atoms with Crippen molar-refractivity contribution >= 4 is 49.3 Å². The Balaban J connectivity index is 1.84. The number of aliphatic hydroxyl groups is 1. The number of amides is 1. The summed E-state index contributed by atoms with van der Waals surface area (Å²) in [6.07, 6.45) is 3.60. The molecule has 3 aromatic heterocycles. The molecule has 23 heavy (non-hydrogen) atoms. The second-order valence-electron chi connectivity index (χ2n) is 5.83. The summed E-state index contributed by atoms with van der Waals surface area (Å²) in [4.78, 5) is 23.7. The maximum Gasteiger partial charge on any atom is 0.229 e. The van der Waals surface area contributed by atoms with Crippen molar-refractivity contribution < 1.29 is 9.90 Å². The van der Waals surface area contributed by atoms with Gasteiger partial charge in [-0.15, -0.1) is 11.3 Å². The lowest BCUT2D eigenvalue weighted by Crippen LogP contribution is -2.27. The molecule has 8 heteroatoms. The number of nitrogens with zero attached hydrogens (tertiary/aromatic N) is 2. The van der Waals surface area contributed by atoms with E-state index in [1.807, 2.05) is 17.6 Å². The van der Waals surface area contributed by atoms with E-state index in [1.54, 1.807) is 20.0 Å². The molecule has 0 saturated heterocycles. The summed E-state index contributed by atoms with van der Waals surface area (Å²) in [6, 6.07) is 1.97. The minimum atomic E-state index is -1.04. The summed E-state index contributed by atoms with van der Waals surface area (Å²) < 4.78 is 0.889. The maximum atomic E-state index is 11.9. The van der Waals surface area contributed by atoms with Crippen LogP contribution in [0.2, 0.25) is 0 Å². The van der Waals surface area contributed by atoms with E-state index in [9.17, 15) is 9.90 Å². The quantitative estimate of drug-likeness (QED) is 0.630. The van der Waals surface area contributed by atoms with E-state index in [0.29, 0.717) is 5.13 Å². The molecule has 0 spiro atoms. The number of rotatable bonds is 4. The molecule has 3 rings (SSSR count). The van der Waals surface area contributed by atoms with Gasteiger partial charge in [-0.05, 0) is 35.8 Å². The second kappa shape index (κ2) is 6.03. The molecule has 1 amide bonds. The van der Waals surface area contributed by atoms with Crippen molar-refractivity contribution in [1.29, 1.82) is 0 Å². The van der Waals surface area contributed by atoms with Crippen molar-refractivity contribution in [3.8, 4) is 11.3 Å². The molecule has 6 nitrogen and oxygen atoms in total. The number of halogens is 1. The molecule has 0 bridgehead atoms. The van der Waals surface area contributed by atoms with Crippen LogP contribution < -0.4 is 5.32 Å². The first kappa shape index (κ1) is 16.1. The zero-order valence-corrected chi connectivity index (χ0v) is 15.0. The third-order valence-corrected chi connectivity index (χ3v) is 4.31. The number of fused-ring (bicyclic) bond motifs is 1. The molecule has 3 heterocycles. The number of carbonyl (C=O) groups is 1. The Morgan fingerprint density at radius 2 is 2.30 bits per heavy atom. The molecule has 0 aromatic carbocycles. The largest absolute Gasteiger partial charge is 0.390 e. The van der Waals surface area contributed by atoms with Crippen LogP contribution in [0.4, 0.5) is 5.13 Å². The van der Waals surface area contributed by atoms with Crippen molar-refractivity contribution in [3.63, 3.8) is 0 Å². The van der Waals surface area contributed by atoms with Crippen molar-refractivity contribution in [2.45, 2.75) is 25.9 Å². The number of hydrogen-bond donors (Lipinski definition) is 3. The number of nitrogens with one attached hydrogen (secondary N) is 2. The van der Waals surface area contributed by atoms with Crippen LogP contribution in [0.15, 0.2) is 28.3 Å². The van der Waals surface area contributed by atoms with Gasteiger partial charge >= 0.3 is 0 Å².